The van der Waals surface area contributed by atoms with Crippen molar-refractivity contribution in [1.82, 2.24) is 0 Å². The van der Waals surface area contributed by atoms with Crippen LogP contribution in [0.25, 0.3) is 5.53 Å². The van der Waals surface area contributed by atoms with Crippen LogP contribution in [0.15, 0.2) is 0 Å². The Bertz CT molecular complexity index is 167. The molecule has 0 aromatic heterocycles. The molecule has 0 atom stereocenters. The van der Waals surface area contributed by atoms with Gasteiger partial charge in [-0.1, -0.05) is 4.79 Å². The summed E-state index contributed by atoms with van der Waals surface area (Å²) in [5.74, 6) is -1.09. The summed E-state index contributed by atoms with van der Waals surface area (Å²) in [6.45, 7) is 0. The Balaban J connectivity index is 4.37. The molecule has 0 heterocycles. The lowest BCUT2D eigenvalue weighted by Gasteiger charge is -1.68. The zero-order chi connectivity index (χ0) is 6.57. The zero-order valence-electron chi connectivity index (χ0n) is 3.64. The zero-order valence-corrected chi connectivity index (χ0v) is 3.64. The molecule has 0 unspecified atom stereocenters. The van der Waals surface area contributed by atoms with Gasteiger partial charge in [-0.25, -0.2) is 0 Å². The molecule has 0 aromatic carbocycles. The summed E-state index contributed by atoms with van der Waals surface area (Å²) in [6, 6.07) is 0. The molecule has 0 fully saturated rings. The molecular weight excluding hydrogens is 114 g/mol. The molecule has 0 radical (unpaired) electrons. The highest BCUT2D eigenvalue weighted by Gasteiger charge is 2.19. The molecule has 0 aliphatic heterocycles. The number of amidine groups is 1. The van der Waals surface area contributed by atoms with E-state index in [1.807, 2.05) is 0 Å². The van der Waals surface area contributed by atoms with E-state index in [2.05, 4.69) is 4.79 Å². The number of carbonyl (C=O) groups is 1. The van der Waals surface area contributed by atoms with Gasteiger partial charge in [0, 0.05) is 0 Å². The van der Waals surface area contributed by atoms with Gasteiger partial charge in [0.2, 0.25) is 0 Å². The van der Waals surface area contributed by atoms with Gasteiger partial charge in [-0.15, -0.1) is 0 Å². The van der Waals surface area contributed by atoms with E-state index in [0.717, 1.165) is 0 Å². The van der Waals surface area contributed by atoms with E-state index in [1.165, 1.54) is 0 Å². The van der Waals surface area contributed by atoms with E-state index in [0.29, 0.717) is 0 Å². The number of aldehydes is 1. The van der Waals surface area contributed by atoms with E-state index in [9.17, 15) is 14.9 Å². The Morgan fingerprint density at radius 3 is 2.38 bits per heavy atom. The van der Waals surface area contributed by atoms with Gasteiger partial charge in [0.15, 0.2) is 0 Å². The number of hydrogen-bond donors (Lipinski definition) is 0. The second kappa shape index (κ2) is 2.59. The molecular formula is C2HN3O3. The van der Waals surface area contributed by atoms with Gasteiger partial charge in [-0.2, -0.15) is 0 Å². The lowest BCUT2D eigenvalue weighted by Crippen LogP contribution is -2.13. The molecule has 0 aliphatic carbocycles. The van der Waals surface area contributed by atoms with Crippen LogP contribution in [0.5, 0.6) is 0 Å². The first kappa shape index (κ1) is 6.45. The van der Waals surface area contributed by atoms with Gasteiger partial charge in [-0.3, -0.25) is 14.9 Å². The quantitative estimate of drug-likeness (QED) is 0.0841. The van der Waals surface area contributed by atoms with Gasteiger partial charge in [0.25, 0.3) is 0 Å². The van der Waals surface area contributed by atoms with Crippen LogP contribution in [0, 0.1) is 10.1 Å². The first-order valence-corrected chi connectivity index (χ1v) is 1.54. The maximum absolute atomic E-state index is 9.45. The van der Waals surface area contributed by atoms with E-state index in [4.69, 9.17) is 5.53 Å². The van der Waals surface area contributed by atoms with Crippen molar-refractivity contribution in [2.45, 2.75) is 0 Å². The lowest BCUT2D eigenvalue weighted by molar-refractivity contribution is -0.380. The van der Waals surface area contributed by atoms with Crippen LogP contribution >= 0.6 is 0 Å². The van der Waals surface area contributed by atoms with E-state index >= 15 is 0 Å². The minimum Gasteiger partial charge on any atom is -0.354 e. The maximum Gasteiger partial charge on any atom is 0.644 e. The highest BCUT2D eigenvalue weighted by atomic mass is 16.6. The topological polar surface area (TPSA) is 96.6 Å². The standard InChI is InChI=1S/C2HN3O3/c3-4-2(1-6)5(7)8/h1H. The van der Waals surface area contributed by atoms with Crippen molar-refractivity contribution in [2.24, 2.45) is 0 Å². The largest absolute Gasteiger partial charge is 0.644 e. The van der Waals surface area contributed by atoms with Crippen LogP contribution in [0.3, 0.4) is 0 Å². The monoisotopic (exact) mass is 115 g/mol. The fourth-order valence-corrected chi connectivity index (χ4v) is 0.103. The number of hydrogen-bond acceptors (Lipinski definition) is 3. The highest BCUT2D eigenvalue weighted by molar-refractivity contribution is 6.19. The summed E-state index contributed by atoms with van der Waals surface area (Å²) in [5, 5.41) is 9.45. The first-order valence-electron chi connectivity index (χ1n) is 1.54. The van der Waals surface area contributed by atoms with Gasteiger partial charge in [0.1, 0.15) is 4.92 Å². The van der Waals surface area contributed by atoms with E-state index in [-0.39, 0.29) is 6.29 Å². The van der Waals surface area contributed by atoms with Crippen molar-refractivity contribution < 1.29 is 14.5 Å². The van der Waals surface area contributed by atoms with Crippen LogP contribution in [0.2, 0.25) is 0 Å². The second-order valence-corrected chi connectivity index (χ2v) is 0.833. The Morgan fingerprint density at radius 2 is 2.38 bits per heavy atom. The normalized spacial score (nSPS) is 7.00. The average Bonchev–Trinajstić information content (AvgIpc) is 1.69. The van der Waals surface area contributed by atoms with Crippen LogP contribution in [-0.4, -0.2) is 21.8 Å². The molecule has 0 aromatic rings. The SMILES string of the molecule is [N-]=[N+]=C(C=O)[N+](=O)[O-]. The summed E-state index contributed by atoms with van der Waals surface area (Å²) in [6.07, 6.45) is -0.153. The van der Waals surface area contributed by atoms with Crippen molar-refractivity contribution in [3.63, 3.8) is 0 Å². The predicted molar refractivity (Wildman–Crippen MR) is 21.7 cm³/mol. The predicted octanol–water partition coefficient (Wildman–Crippen LogP) is -0.910. The fraction of sp³-hybridized carbons (Fsp3) is 0. The number of nitro groups is 1. The molecule has 0 aliphatic rings. The molecule has 8 heavy (non-hydrogen) atoms. The van der Waals surface area contributed by atoms with Crippen molar-refractivity contribution in [3.05, 3.63) is 15.6 Å². The van der Waals surface area contributed by atoms with Crippen molar-refractivity contribution in [2.75, 3.05) is 0 Å². The maximum atomic E-state index is 9.45. The van der Waals surface area contributed by atoms with Gasteiger partial charge < -0.3 is 5.53 Å². The highest BCUT2D eigenvalue weighted by Crippen LogP contribution is 1.63. The van der Waals surface area contributed by atoms with Gasteiger partial charge in [-0.05, 0) is 0 Å². The molecule has 0 saturated carbocycles. The van der Waals surface area contributed by atoms with Crippen molar-refractivity contribution >= 4 is 12.1 Å². The number of rotatable bonds is 1. The summed E-state index contributed by atoms with van der Waals surface area (Å²) in [7, 11) is 0. The third kappa shape index (κ3) is 1.27. The molecule has 6 nitrogen and oxygen atoms in total. The van der Waals surface area contributed by atoms with E-state index < -0.39 is 10.8 Å². The molecule has 0 N–H and O–H groups in total. The first-order chi connectivity index (χ1) is 3.72. The Kier molecular flexibility index (Phi) is 2.09. The van der Waals surface area contributed by atoms with Gasteiger partial charge >= 0.3 is 12.1 Å². The molecule has 42 valence electrons. The molecule has 6 heteroatoms. The summed E-state index contributed by atoms with van der Waals surface area (Å²) in [5.41, 5.74) is 7.61. The Labute approximate surface area is 43.5 Å². The second-order valence-electron chi connectivity index (χ2n) is 0.833. The third-order valence-corrected chi connectivity index (χ3v) is 0.395. The third-order valence-electron chi connectivity index (χ3n) is 0.395. The molecule has 0 amide bonds. The Hall–Kier alpha value is -1.55. The number of nitrogens with zero attached hydrogens (tertiary/aromatic N) is 3. The lowest BCUT2D eigenvalue weighted by atomic mass is 10.7. The summed E-state index contributed by atoms with van der Waals surface area (Å²) in [4.78, 5) is 19.9. The molecule has 0 saturated heterocycles. The number of carbonyl (C=O) groups excluding carboxylic acids is 1. The van der Waals surface area contributed by atoms with Crippen molar-refractivity contribution in [3.8, 4) is 0 Å². The fourth-order valence-electron chi connectivity index (χ4n) is 0.103. The summed E-state index contributed by atoms with van der Waals surface area (Å²) < 4.78 is 0. The van der Waals surface area contributed by atoms with Crippen molar-refractivity contribution in [1.29, 1.82) is 0 Å². The smallest absolute Gasteiger partial charge is 0.354 e. The minimum absolute atomic E-state index is 0.153. The molecule has 0 bridgehead atoms. The van der Waals surface area contributed by atoms with Crippen LogP contribution in [0.1, 0.15) is 0 Å². The Morgan fingerprint density at radius 1 is 1.88 bits per heavy atom. The van der Waals surface area contributed by atoms with Crippen LogP contribution in [0.4, 0.5) is 0 Å². The average molecular weight is 115 g/mol. The molecule has 0 spiro atoms. The minimum atomic E-state index is -1.09. The van der Waals surface area contributed by atoms with Crippen LogP contribution in [-0.2, 0) is 4.79 Å². The summed E-state index contributed by atoms with van der Waals surface area (Å²) >= 11 is 0. The van der Waals surface area contributed by atoms with Crippen LogP contribution < -0.4 is 0 Å². The van der Waals surface area contributed by atoms with Gasteiger partial charge in [0.05, 0.1) is 0 Å². The van der Waals surface area contributed by atoms with E-state index in [1.54, 1.807) is 0 Å². The molecule has 0 rings (SSSR count).